The fourth-order valence-corrected chi connectivity index (χ4v) is 4.32. The van der Waals surface area contributed by atoms with Crippen molar-refractivity contribution in [3.63, 3.8) is 0 Å². The molecule has 0 spiro atoms. The third-order valence-corrected chi connectivity index (χ3v) is 5.48. The average Bonchev–Trinajstić information content (AvgIpc) is 3.02. The summed E-state index contributed by atoms with van der Waals surface area (Å²) in [5, 5.41) is 8.44. The number of nitrogens with one attached hydrogen (secondary N) is 2. The highest BCUT2D eigenvalue weighted by atomic mass is 35.5. The van der Waals surface area contributed by atoms with E-state index in [0.717, 1.165) is 17.0 Å². The number of hydrogen-bond donors (Lipinski definition) is 2. The summed E-state index contributed by atoms with van der Waals surface area (Å²) >= 11 is 6.13. The van der Waals surface area contributed by atoms with Crippen LogP contribution < -0.4 is 10.6 Å². The van der Waals surface area contributed by atoms with Crippen LogP contribution in [-0.2, 0) is 0 Å². The van der Waals surface area contributed by atoms with E-state index in [-0.39, 0.29) is 0 Å². The molecule has 21 heavy (non-hydrogen) atoms. The lowest BCUT2D eigenvalue weighted by Crippen LogP contribution is -2.47. The van der Waals surface area contributed by atoms with Gasteiger partial charge in [-0.05, 0) is 62.8 Å². The minimum atomic E-state index is 0.371. The SMILES string of the molecule is C[C@@H](NC1CCCCC1C1CCCN1)c1cccc(Cl)c1. The van der Waals surface area contributed by atoms with Gasteiger partial charge in [-0.15, -0.1) is 0 Å². The summed E-state index contributed by atoms with van der Waals surface area (Å²) in [4.78, 5) is 0. The molecule has 0 aromatic heterocycles. The summed E-state index contributed by atoms with van der Waals surface area (Å²) in [6, 6.07) is 10.0. The molecular formula is C18H27ClN2. The number of benzene rings is 1. The van der Waals surface area contributed by atoms with Gasteiger partial charge in [0.25, 0.3) is 0 Å². The summed E-state index contributed by atoms with van der Waals surface area (Å²) in [7, 11) is 0. The van der Waals surface area contributed by atoms with Crippen LogP contribution in [0.3, 0.4) is 0 Å². The number of hydrogen-bond acceptors (Lipinski definition) is 2. The van der Waals surface area contributed by atoms with Gasteiger partial charge in [-0.3, -0.25) is 0 Å². The van der Waals surface area contributed by atoms with E-state index in [4.69, 9.17) is 11.6 Å². The van der Waals surface area contributed by atoms with Crippen molar-refractivity contribution in [1.82, 2.24) is 10.6 Å². The highest BCUT2D eigenvalue weighted by molar-refractivity contribution is 6.30. The maximum atomic E-state index is 6.13. The molecule has 4 atom stereocenters. The Balaban J connectivity index is 1.66. The van der Waals surface area contributed by atoms with Crippen molar-refractivity contribution in [2.75, 3.05) is 6.54 Å². The second-order valence-corrected chi connectivity index (χ2v) is 7.14. The number of rotatable bonds is 4. The quantitative estimate of drug-likeness (QED) is 0.866. The molecule has 1 aliphatic heterocycles. The van der Waals surface area contributed by atoms with Crippen molar-refractivity contribution in [3.8, 4) is 0 Å². The van der Waals surface area contributed by atoms with Gasteiger partial charge in [-0.1, -0.05) is 36.6 Å². The lowest BCUT2D eigenvalue weighted by atomic mass is 9.79. The van der Waals surface area contributed by atoms with Crippen molar-refractivity contribution in [2.45, 2.75) is 63.6 Å². The van der Waals surface area contributed by atoms with Crippen LogP contribution in [-0.4, -0.2) is 18.6 Å². The summed E-state index contributed by atoms with van der Waals surface area (Å²) in [5.41, 5.74) is 1.30. The molecule has 0 bridgehead atoms. The van der Waals surface area contributed by atoms with Crippen LogP contribution in [0.25, 0.3) is 0 Å². The first-order valence-corrected chi connectivity index (χ1v) is 8.87. The molecule has 3 rings (SSSR count). The van der Waals surface area contributed by atoms with Crippen LogP contribution in [0.4, 0.5) is 0 Å². The van der Waals surface area contributed by atoms with Crippen molar-refractivity contribution in [2.24, 2.45) is 5.92 Å². The van der Waals surface area contributed by atoms with Gasteiger partial charge in [0.2, 0.25) is 0 Å². The number of halogens is 1. The fraction of sp³-hybridized carbons (Fsp3) is 0.667. The summed E-state index contributed by atoms with van der Waals surface area (Å²) in [5.74, 6) is 0.794. The molecule has 1 aromatic carbocycles. The standard InChI is InChI=1S/C18H27ClN2/c1-13(14-6-4-7-15(19)12-14)21-18-9-3-2-8-16(18)17-10-5-11-20-17/h4,6-7,12-13,16-18,20-21H,2-3,5,8-11H2,1H3/t13-,16?,17?,18?/m1/s1. The van der Waals surface area contributed by atoms with Crippen molar-refractivity contribution < 1.29 is 0 Å². The summed E-state index contributed by atoms with van der Waals surface area (Å²) in [6.07, 6.45) is 8.15. The first-order chi connectivity index (χ1) is 10.2. The Morgan fingerprint density at radius 1 is 1.19 bits per heavy atom. The largest absolute Gasteiger partial charge is 0.314 e. The van der Waals surface area contributed by atoms with E-state index in [9.17, 15) is 0 Å². The Hall–Kier alpha value is -0.570. The van der Waals surface area contributed by atoms with Gasteiger partial charge in [0.05, 0.1) is 0 Å². The van der Waals surface area contributed by atoms with E-state index in [1.165, 1.54) is 50.6 Å². The topological polar surface area (TPSA) is 24.1 Å². The minimum Gasteiger partial charge on any atom is -0.314 e. The molecular weight excluding hydrogens is 280 g/mol. The van der Waals surface area contributed by atoms with Crippen LogP contribution in [0.1, 0.15) is 57.1 Å². The smallest absolute Gasteiger partial charge is 0.0409 e. The molecule has 0 amide bonds. The second kappa shape index (κ2) is 7.13. The first kappa shape index (κ1) is 15.3. The lowest BCUT2D eigenvalue weighted by molar-refractivity contribution is 0.203. The van der Waals surface area contributed by atoms with Crippen LogP contribution >= 0.6 is 11.6 Å². The fourth-order valence-electron chi connectivity index (χ4n) is 4.12. The van der Waals surface area contributed by atoms with Crippen LogP contribution in [0.15, 0.2) is 24.3 Å². The molecule has 3 heteroatoms. The van der Waals surface area contributed by atoms with E-state index in [0.29, 0.717) is 12.1 Å². The highest BCUT2D eigenvalue weighted by Gasteiger charge is 2.33. The average molecular weight is 307 g/mol. The normalized spacial score (nSPS) is 31.2. The Labute approximate surface area is 133 Å². The first-order valence-electron chi connectivity index (χ1n) is 8.49. The van der Waals surface area contributed by atoms with E-state index in [1.54, 1.807) is 0 Å². The Bertz CT molecular complexity index is 456. The second-order valence-electron chi connectivity index (χ2n) is 6.70. The Kier molecular flexibility index (Phi) is 5.20. The van der Waals surface area contributed by atoms with Crippen LogP contribution in [0.5, 0.6) is 0 Å². The third-order valence-electron chi connectivity index (χ3n) is 5.25. The molecule has 1 aliphatic carbocycles. The zero-order chi connectivity index (χ0) is 14.7. The predicted molar refractivity (Wildman–Crippen MR) is 89.8 cm³/mol. The molecule has 2 aliphatic rings. The van der Waals surface area contributed by atoms with Gasteiger partial charge in [0.1, 0.15) is 0 Å². The molecule has 116 valence electrons. The van der Waals surface area contributed by atoms with Crippen LogP contribution in [0.2, 0.25) is 5.02 Å². The van der Waals surface area contributed by atoms with Gasteiger partial charge in [-0.2, -0.15) is 0 Å². The lowest BCUT2D eigenvalue weighted by Gasteiger charge is -2.38. The van der Waals surface area contributed by atoms with Crippen LogP contribution in [0, 0.1) is 5.92 Å². The van der Waals surface area contributed by atoms with Crippen molar-refractivity contribution in [3.05, 3.63) is 34.9 Å². The van der Waals surface area contributed by atoms with Gasteiger partial charge < -0.3 is 10.6 Å². The minimum absolute atomic E-state index is 0.371. The van der Waals surface area contributed by atoms with E-state index >= 15 is 0 Å². The van der Waals surface area contributed by atoms with E-state index in [2.05, 4.69) is 29.7 Å². The van der Waals surface area contributed by atoms with Gasteiger partial charge >= 0.3 is 0 Å². The molecule has 1 heterocycles. The monoisotopic (exact) mass is 306 g/mol. The maximum absolute atomic E-state index is 6.13. The van der Waals surface area contributed by atoms with Gasteiger partial charge in [-0.25, -0.2) is 0 Å². The molecule has 3 unspecified atom stereocenters. The van der Waals surface area contributed by atoms with Crippen molar-refractivity contribution >= 4 is 11.6 Å². The molecule has 1 saturated heterocycles. The van der Waals surface area contributed by atoms with Gasteiger partial charge in [0.15, 0.2) is 0 Å². The Morgan fingerprint density at radius 2 is 2.05 bits per heavy atom. The molecule has 2 nitrogen and oxygen atoms in total. The molecule has 1 aromatic rings. The van der Waals surface area contributed by atoms with Gasteiger partial charge in [0, 0.05) is 23.1 Å². The third kappa shape index (κ3) is 3.80. The summed E-state index contributed by atoms with van der Waals surface area (Å²) < 4.78 is 0. The zero-order valence-corrected chi connectivity index (χ0v) is 13.7. The summed E-state index contributed by atoms with van der Waals surface area (Å²) in [6.45, 7) is 3.47. The zero-order valence-electron chi connectivity index (χ0n) is 12.9. The molecule has 0 radical (unpaired) electrons. The van der Waals surface area contributed by atoms with E-state index in [1.807, 2.05) is 12.1 Å². The molecule has 2 fully saturated rings. The molecule has 1 saturated carbocycles. The molecule has 2 N–H and O–H groups in total. The Morgan fingerprint density at radius 3 is 2.81 bits per heavy atom. The highest BCUT2D eigenvalue weighted by Crippen LogP contribution is 2.32. The predicted octanol–water partition coefficient (Wildman–Crippen LogP) is 4.30. The van der Waals surface area contributed by atoms with Crippen molar-refractivity contribution in [1.29, 1.82) is 0 Å². The maximum Gasteiger partial charge on any atom is 0.0409 e. The van der Waals surface area contributed by atoms with E-state index < -0.39 is 0 Å².